The van der Waals surface area contributed by atoms with E-state index in [1.54, 1.807) is 18.2 Å². The maximum atomic E-state index is 12.9. The van der Waals surface area contributed by atoms with Gasteiger partial charge in [0.05, 0.1) is 5.69 Å². The number of nitrogen functional groups attached to an aromatic ring is 1. The maximum absolute atomic E-state index is 12.9. The molecule has 0 saturated heterocycles. The first-order valence-corrected chi connectivity index (χ1v) is 8.00. The largest absolute Gasteiger partial charge is 0.457 e. The summed E-state index contributed by atoms with van der Waals surface area (Å²) >= 11 is 0. The average molecular weight is 337 g/mol. The van der Waals surface area contributed by atoms with Crippen LogP contribution in [0.25, 0.3) is 11.4 Å². The number of nitrogens with zero attached hydrogens (tertiary/aromatic N) is 2. The molecule has 0 fully saturated rings. The summed E-state index contributed by atoms with van der Waals surface area (Å²) in [5.41, 5.74) is 7.56. The van der Waals surface area contributed by atoms with E-state index in [2.05, 4.69) is 30.7 Å². The molecule has 3 aromatic rings. The number of aromatic nitrogens is 2. The van der Waals surface area contributed by atoms with Crippen molar-refractivity contribution in [2.75, 3.05) is 5.73 Å². The number of benzene rings is 2. The summed E-state index contributed by atoms with van der Waals surface area (Å²) in [6.45, 7) is 6.24. The minimum absolute atomic E-state index is 0.114. The highest BCUT2D eigenvalue weighted by Crippen LogP contribution is 2.27. The number of anilines is 1. The van der Waals surface area contributed by atoms with E-state index in [0.29, 0.717) is 23.1 Å². The fourth-order valence-electron chi connectivity index (χ4n) is 2.29. The predicted octanol–water partition coefficient (Wildman–Crippen LogP) is 4.95. The van der Waals surface area contributed by atoms with E-state index < -0.39 is 0 Å². The molecule has 0 aliphatic carbocycles. The lowest BCUT2D eigenvalue weighted by atomic mass is 9.92. The molecule has 5 heteroatoms. The van der Waals surface area contributed by atoms with Crippen LogP contribution in [0.1, 0.15) is 26.5 Å². The first-order chi connectivity index (χ1) is 11.8. The van der Waals surface area contributed by atoms with Crippen molar-refractivity contribution in [1.29, 1.82) is 0 Å². The Balaban J connectivity index is 1.85. The molecule has 0 unspecified atom stereocenters. The molecule has 2 N–H and O–H groups in total. The van der Waals surface area contributed by atoms with Crippen LogP contribution in [-0.4, -0.2) is 9.97 Å². The van der Waals surface area contributed by atoms with Crippen molar-refractivity contribution in [2.45, 2.75) is 26.2 Å². The van der Waals surface area contributed by atoms with Crippen LogP contribution in [0.15, 0.2) is 54.6 Å². The zero-order chi connectivity index (χ0) is 18.0. The van der Waals surface area contributed by atoms with Crippen LogP contribution in [0.2, 0.25) is 0 Å². The van der Waals surface area contributed by atoms with E-state index in [0.717, 1.165) is 11.3 Å². The molecule has 4 nitrogen and oxygen atoms in total. The molecule has 128 valence electrons. The van der Waals surface area contributed by atoms with Gasteiger partial charge in [0.1, 0.15) is 23.1 Å². The van der Waals surface area contributed by atoms with Gasteiger partial charge in [0.25, 0.3) is 0 Å². The third kappa shape index (κ3) is 4.12. The molecule has 0 aliphatic rings. The summed E-state index contributed by atoms with van der Waals surface area (Å²) in [4.78, 5) is 8.95. The highest BCUT2D eigenvalue weighted by atomic mass is 19.1. The number of hydrogen-bond donors (Lipinski definition) is 1. The molecule has 0 aliphatic heterocycles. The van der Waals surface area contributed by atoms with Gasteiger partial charge < -0.3 is 10.5 Å². The van der Waals surface area contributed by atoms with Crippen molar-refractivity contribution >= 4 is 5.82 Å². The molecule has 0 bridgehead atoms. The van der Waals surface area contributed by atoms with Crippen LogP contribution >= 0.6 is 0 Å². The van der Waals surface area contributed by atoms with Gasteiger partial charge in [-0.15, -0.1) is 0 Å². The topological polar surface area (TPSA) is 61.0 Å². The molecular weight excluding hydrogens is 317 g/mol. The van der Waals surface area contributed by atoms with Crippen molar-refractivity contribution in [1.82, 2.24) is 9.97 Å². The average Bonchev–Trinajstić information content (AvgIpc) is 2.56. The normalized spacial score (nSPS) is 11.4. The number of hydrogen-bond acceptors (Lipinski definition) is 4. The fourth-order valence-corrected chi connectivity index (χ4v) is 2.29. The van der Waals surface area contributed by atoms with Crippen molar-refractivity contribution in [3.63, 3.8) is 0 Å². The van der Waals surface area contributed by atoms with Crippen LogP contribution in [0.3, 0.4) is 0 Å². The van der Waals surface area contributed by atoms with Crippen LogP contribution in [0, 0.1) is 5.82 Å². The Morgan fingerprint density at radius 2 is 1.44 bits per heavy atom. The van der Waals surface area contributed by atoms with Gasteiger partial charge in [-0.3, -0.25) is 0 Å². The van der Waals surface area contributed by atoms with E-state index in [-0.39, 0.29) is 11.2 Å². The Morgan fingerprint density at radius 1 is 0.880 bits per heavy atom. The molecule has 2 aromatic carbocycles. The van der Waals surface area contributed by atoms with Gasteiger partial charge in [-0.1, -0.05) is 20.8 Å². The van der Waals surface area contributed by atoms with Gasteiger partial charge in [0, 0.05) is 17.0 Å². The molecule has 0 amide bonds. The number of rotatable bonds is 3. The minimum Gasteiger partial charge on any atom is -0.457 e. The summed E-state index contributed by atoms with van der Waals surface area (Å²) in [7, 11) is 0. The smallest absolute Gasteiger partial charge is 0.161 e. The second-order valence-electron chi connectivity index (χ2n) is 6.83. The quantitative estimate of drug-likeness (QED) is 0.734. The van der Waals surface area contributed by atoms with Crippen molar-refractivity contribution in [3.05, 3.63) is 66.1 Å². The Morgan fingerprint density at radius 3 is 2.00 bits per heavy atom. The van der Waals surface area contributed by atoms with Gasteiger partial charge >= 0.3 is 0 Å². The second kappa shape index (κ2) is 6.51. The van der Waals surface area contributed by atoms with Crippen molar-refractivity contribution < 1.29 is 9.13 Å². The van der Waals surface area contributed by atoms with Gasteiger partial charge in [-0.25, -0.2) is 14.4 Å². The summed E-state index contributed by atoms with van der Waals surface area (Å²) in [6.07, 6.45) is 0. The monoisotopic (exact) mass is 337 g/mol. The highest BCUT2D eigenvalue weighted by Gasteiger charge is 2.18. The summed E-state index contributed by atoms with van der Waals surface area (Å²) in [5, 5.41) is 0. The molecule has 3 rings (SSSR count). The summed E-state index contributed by atoms with van der Waals surface area (Å²) < 4.78 is 18.6. The number of nitrogens with two attached hydrogens (primary N) is 1. The zero-order valence-electron chi connectivity index (χ0n) is 14.5. The van der Waals surface area contributed by atoms with Crippen molar-refractivity contribution in [3.8, 4) is 22.9 Å². The Labute approximate surface area is 146 Å². The van der Waals surface area contributed by atoms with Crippen LogP contribution in [-0.2, 0) is 5.41 Å². The fraction of sp³-hybridized carbons (Fsp3) is 0.200. The van der Waals surface area contributed by atoms with E-state index in [1.165, 1.54) is 12.1 Å². The summed E-state index contributed by atoms with van der Waals surface area (Å²) in [6, 6.07) is 15.1. The van der Waals surface area contributed by atoms with Gasteiger partial charge in [-0.05, 0) is 48.5 Å². The molecule has 0 saturated carbocycles. The maximum Gasteiger partial charge on any atom is 0.161 e. The van der Waals surface area contributed by atoms with Crippen LogP contribution in [0.4, 0.5) is 10.2 Å². The minimum atomic E-state index is -0.295. The van der Waals surface area contributed by atoms with E-state index in [1.807, 2.05) is 24.3 Å². The lowest BCUT2D eigenvalue weighted by molar-refractivity contribution is 0.480. The molecule has 1 aromatic heterocycles. The molecule has 0 radical (unpaired) electrons. The van der Waals surface area contributed by atoms with Gasteiger partial charge in [0.15, 0.2) is 5.82 Å². The SMILES string of the molecule is CC(C)(C)c1cc(N)nc(-c2ccc(Oc3ccc(F)cc3)cc2)n1. The Kier molecular flexibility index (Phi) is 4.40. The number of halogens is 1. The van der Waals surface area contributed by atoms with E-state index >= 15 is 0 Å². The van der Waals surface area contributed by atoms with Gasteiger partial charge in [0.2, 0.25) is 0 Å². The molecule has 0 atom stereocenters. The Hall–Kier alpha value is -2.95. The van der Waals surface area contributed by atoms with Gasteiger partial charge in [-0.2, -0.15) is 0 Å². The molecule has 1 heterocycles. The second-order valence-corrected chi connectivity index (χ2v) is 6.83. The third-order valence-corrected chi connectivity index (χ3v) is 3.68. The lowest BCUT2D eigenvalue weighted by Crippen LogP contribution is -2.15. The van der Waals surface area contributed by atoms with Crippen molar-refractivity contribution in [2.24, 2.45) is 0 Å². The Bertz CT molecular complexity index is 869. The van der Waals surface area contributed by atoms with Crippen LogP contribution < -0.4 is 10.5 Å². The molecule has 0 spiro atoms. The lowest BCUT2D eigenvalue weighted by Gasteiger charge is -2.18. The summed E-state index contributed by atoms with van der Waals surface area (Å²) in [5.74, 6) is 1.95. The molecule has 25 heavy (non-hydrogen) atoms. The first-order valence-electron chi connectivity index (χ1n) is 8.00. The predicted molar refractivity (Wildman–Crippen MR) is 97.1 cm³/mol. The van der Waals surface area contributed by atoms with Crippen LogP contribution in [0.5, 0.6) is 11.5 Å². The number of ether oxygens (including phenoxy) is 1. The van der Waals surface area contributed by atoms with E-state index in [9.17, 15) is 4.39 Å². The van der Waals surface area contributed by atoms with E-state index in [4.69, 9.17) is 10.5 Å². The molecular formula is C20H20FN3O. The zero-order valence-corrected chi connectivity index (χ0v) is 14.5. The third-order valence-electron chi connectivity index (χ3n) is 3.68. The standard InChI is InChI=1S/C20H20FN3O/c1-20(2,3)17-12-18(22)24-19(23-17)13-4-8-15(9-5-13)25-16-10-6-14(21)7-11-16/h4-12H,1-3H3,(H2,22,23,24). The first kappa shape index (κ1) is 16.9. The highest BCUT2D eigenvalue weighted by molar-refractivity contribution is 5.58.